The molecule has 0 aliphatic heterocycles. The fourth-order valence-corrected chi connectivity index (χ4v) is 1.45. The van der Waals surface area contributed by atoms with Crippen LogP contribution in [0.15, 0.2) is 12.1 Å². The molecule has 4 nitrogen and oxygen atoms in total. The van der Waals surface area contributed by atoms with Crippen molar-refractivity contribution >= 4 is 17.6 Å². The zero-order chi connectivity index (χ0) is 12.3. The van der Waals surface area contributed by atoms with E-state index in [1.807, 2.05) is 13.8 Å². The topological polar surface area (TPSA) is 55.8 Å². The lowest BCUT2D eigenvalue weighted by Crippen LogP contribution is -2.08. The Morgan fingerprint density at radius 1 is 1.44 bits per heavy atom. The van der Waals surface area contributed by atoms with Gasteiger partial charge in [-0.1, -0.05) is 11.6 Å². The van der Waals surface area contributed by atoms with Crippen molar-refractivity contribution in [2.24, 2.45) is 0 Å². The van der Waals surface area contributed by atoms with Crippen LogP contribution in [0.25, 0.3) is 0 Å². The summed E-state index contributed by atoms with van der Waals surface area (Å²) in [6.07, 6.45) is -0.0675. The summed E-state index contributed by atoms with van der Waals surface area (Å²) in [5.41, 5.74) is 0.0676. The molecule has 0 bridgehead atoms. The summed E-state index contributed by atoms with van der Waals surface area (Å²) < 4.78 is 10.5. The quantitative estimate of drug-likeness (QED) is 0.885. The Balaban J connectivity index is 3.23. The van der Waals surface area contributed by atoms with E-state index in [0.29, 0.717) is 11.5 Å². The molecular formula is C11H13ClO4. The summed E-state index contributed by atoms with van der Waals surface area (Å²) in [6.45, 7) is 3.70. The Labute approximate surface area is 98.7 Å². The molecule has 1 N–H and O–H groups in total. The largest absolute Gasteiger partial charge is 0.493 e. The van der Waals surface area contributed by atoms with Gasteiger partial charge in [-0.2, -0.15) is 0 Å². The summed E-state index contributed by atoms with van der Waals surface area (Å²) >= 11 is 5.93. The number of carboxylic acids is 1. The maximum absolute atomic E-state index is 10.8. The van der Waals surface area contributed by atoms with E-state index in [1.54, 1.807) is 0 Å². The molecule has 0 amide bonds. The Bertz CT molecular complexity index is 401. The van der Waals surface area contributed by atoms with Gasteiger partial charge >= 0.3 is 5.97 Å². The van der Waals surface area contributed by atoms with Crippen LogP contribution in [0.4, 0.5) is 0 Å². The standard InChI is InChI=1S/C11H13ClO4/c1-6(2)16-10-8(12)4-7(11(13)14)5-9(10)15-3/h4-6H,1-3H3,(H,13,14). The minimum atomic E-state index is -1.06. The number of hydrogen-bond donors (Lipinski definition) is 1. The van der Waals surface area contributed by atoms with Gasteiger partial charge < -0.3 is 14.6 Å². The first kappa shape index (κ1) is 12.6. The molecule has 0 saturated carbocycles. The lowest BCUT2D eigenvalue weighted by molar-refractivity contribution is 0.0696. The molecule has 0 unspecified atom stereocenters. The third kappa shape index (κ3) is 2.79. The van der Waals surface area contributed by atoms with E-state index in [4.69, 9.17) is 26.2 Å². The molecular weight excluding hydrogens is 232 g/mol. The smallest absolute Gasteiger partial charge is 0.335 e. The number of halogens is 1. The first-order chi connectivity index (χ1) is 7.45. The van der Waals surface area contributed by atoms with Crippen LogP contribution in [0.3, 0.4) is 0 Å². The second kappa shape index (κ2) is 5.07. The molecule has 0 radical (unpaired) electrons. The highest BCUT2D eigenvalue weighted by molar-refractivity contribution is 6.32. The number of rotatable bonds is 4. The fourth-order valence-electron chi connectivity index (χ4n) is 1.19. The van der Waals surface area contributed by atoms with Crippen LogP contribution in [0, 0.1) is 0 Å². The van der Waals surface area contributed by atoms with Crippen molar-refractivity contribution in [3.8, 4) is 11.5 Å². The minimum Gasteiger partial charge on any atom is -0.493 e. The van der Waals surface area contributed by atoms with Gasteiger partial charge in [0.1, 0.15) is 0 Å². The molecule has 0 saturated heterocycles. The summed E-state index contributed by atoms with van der Waals surface area (Å²) in [4.78, 5) is 10.8. The van der Waals surface area contributed by atoms with Crippen LogP contribution in [0.5, 0.6) is 11.5 Å². The predicted octanol–water partition coefficient (Wildman–Crippen LogP) is 2.83. The van der Waals surface area contributed by atoms with Crippen molar-refractivity contribution in [1.29, 1.82) is 0 Å². The van der Waals surface area contributed by atoms with Gasteiger partial charge in [0.2, 0.25) is 0 Å². The number of benzene rings is 1. The molecule has 1 aromatic carbocycles. The SMILES string of the molecule is COc1cc(C(=O)O)cc(Cl)c1OC(C)C. The number of methoxy groups -OCH3 is 1. The fraction of sp³-hybridized carbons (Fsp3) is 0.364. The number of carboxylic acid groups (broad SMARTS) is 1. The Hall–Kier alpha value is -1.42. The van der Waals surface area contributed by atoms with Crippen LogP contribution in [-0.4, -0.2) is 24.3 Å². The lowest BCUT2D eigenvalue weighted by Gasteiger charge is -2.15. The van der Waals surface area contributed by atoms with Crippen molar-refractivity contribution in [3.63, 3.8) is 0 Å². The molecule has 1 aromatic rings. The zero-order valence-corrected chi connectivity index (χ0v) is 10.0. The molecule has 88 valence electrons. The zero-order valence-electron chi connectivity index (χ0n) is 9.28. The van der Waals surface area contributed by atoms with E-state index in [2.05, 4.69) is 0 Å². The average molecular weight is 245 g/mol. The highest BCUT2D eigenvalue weighted by Gasteiger charge is 2.16. The molecule has 0 heterocycles. The van der Waals surface area contributed by atoms with Crippen LogP contribution < -0.4 is 9.47 Å². The van der Waals surface area contributed by atoms with Crippen LogP contribution in [-0.2, 0) is 0 Å². The van der Waals surface area contributed by atoms with Gasteiger partial charge in [-0.05, 0) is 26.0 Å². The highest BCUT2D eigenvalue weighted by atomic mass is 35.5. The van der Waals surface area contributed by atoms with Crippen LogP contribution in [0.2, 0.25) is 5.02 Å². The van der Waals surface area contributed by atoms with E-state index in [9.17, 15) is 4.79 Å². The van der Waals surface area contributed by atoms with Crippen LogP contribution in [0.1, 0.15) is 24.2 Å². The van der Waals surface area contributed by atoms with Gasteiger partial charge in [0.05, 0.1) is 23.8 Å². The third-order valence-electron chi connectivity index (χ3n) is 1.83. The summed E-state index contributed by atoms with van der Waals surface area (Å²) in [6, 6.07) is 2.72. The molecule has 1 rings (SSSR count). The second-order valence-electron chi connectivity index (χ2n) is 3.46. The van der Waals surface area contributed by atoms with Crippen molar-refractivity contribution < 1.29 is 19.4 Å². The number of carbonyl (C=O) groups is 1. The highest BCUT2D eigenvalue weighted by Crippen LogP contribution is 2.37. The lowest BCUT2D eigenvalue weighted by atomic mass is 10.2. The van der Waals surface area contributed by atoms with Gasteiger partial charge in [0.15, 0.2) is 11.5 Å². The molecule has 0 atom stereocenters. The van der Waals surface area contributed by atoms with E-state index in [1.165, 1.54) is 19.2 Å². The molecule has 0 spiro atoms. The number of aromatic carboxylic acids is 1. The Kier molecular flexibility index (Phi) is 4.01. The van der Waals surface area contributed by atoms with Gasteiger partial charge in [-0.25, -0.2) is 4.79 Å². The summed E-state index contributed by atoms with van der Waals surface area (Å²) in [7, 11) is 1.43. The summed E-state index contributed by atoms with van der Waals surface area (Å²) in [5, 5.41) is 9.07. The Morgan fingerprint density at radius 3 is 2.50 bits per heavy atom. The number of ether oxygens (including phenoxy) is 2. The molecule has 5 heteroatoms. The van der Waals surface area contributed by atoms with Gasteiger partial charge in [-0.15, -0.1) is 0 Å². The van der Waals surface area contributed by atoms with Crippen LogP contribution >= 0.6 is 11.6 Å². The van der Waals surface area contributed by atoms with E-state index < -0.39 is 5.97 Å². The molecule has 16 heavy (non-hydrogen) atoms. The maximum atomic E-state index is 10.8. The van der Waals surface area contributed by atoms with Gasteiger partial charge in [0, 0.05) is 0 Å². The molecule has 0 fully saturated rings. The van der Waals surface area contributed by atoms with Gasteiger partial charge in [-0.3, -0.25) is 0 Å². The maximum Gasteiger partial charge on any atom is 0.335 e. The monoisotopic (exact) mass is 244 g/mol. The van der Waals surface area contributed by atoms with Crippen molar-refractivity contribution in [3.05, 3.63) is 22.7 Å². The molecule has 0 aliphatic carbocycles. The third-order valence-corrected chi connectivity index (χ3v) is 2.11. The van der Waals surface area contributed by atoms with E-state index in [0.717, 1.165) is 0 Å². The number of hydrogen-bond acceptors (Lipinski definition) is 3. The second-order valence-corrected chi connectivity index (χ2v) is 3.87. The van der Waals surface area contributed by atoms with E-state index in [-0.39, 0.29) is 16.7 Å². The molecule has 0 aromatic heterocycles. The minimum absolute atomic E-state index is 0.0675. The van der Waals surface area contributed by atoms with Crippen molar-refractivity contribution in [2.75, 3.05) is 7.11 Å². The normalized spacial score (nSPS) is 10.3. The average Bonchev–Trinajstić information content (AvgIpc) is 2.19. The van der Waals surface area contributed by atoms with Gasteiger partial charge in [0.25, 0.3) is 0 Å². The first-order valence-corrected chi connectivity index (χ1v) is 5.11. The first-order valence-electron chi connectivity index (χ1n) is 4.73. The Morgan fingerprint density at radius 2 is 2.06 bits per heavy atom. The van der Waals surface area contributed by atoms with E-state index >= 15 is 0 Å². The summed E-state index contributed by atoms with van der Waals surface area (Å²) in [5.74, 6) is -0.376. The molecule has 0 aliphatic rings. The predicted molar refractivity (Wildman–Crippen MR) is 60.7 cm³/mol. The van der Waals surface area contributed by atoms with Crippen molar-refractivity contribution in [2.45, 2.75) is 20.0 Å². The van der Waals surface area contributed by atoms with Crippen molar-refractivity contribution in [1.82, 2.24) is 0 Å².